The summed E-state index contributed by atoms with van der Waals surface area (Å²) in [4.78, 5) is 0. The molecule has 0 N–H and O–H groups in total. The van der Waals surface area contributed by atoms with Gasteiger partial charge in [0, 0.05) is 0 Å². The molecule has 0 amide bonds. The molecule has 0 fully saturated rings. The zero-order valence-corrected chi connectivity index (χ0v) is 26.3. The molecule has 0 saturated heterocycles. The first-order valence-electron chi connectivity index (χ1n) is 12.6. The Balaban J connectivity index is 0.000000556. The van der Waals surface area contributed by atoms with Crippen molar-refractivity contribution in [2.75, 3.05) is 0 Å². The van der Waals surface area contributed by atoms with Gasteiger partial charge in [-0.15, -0.1) is 46.7 Å². The van der Waals surface area contributed by atoms with Crippen molar-refractivity contribution in [1.82, 2.24) is 0 Å². The Labute approximate surface area is 247 Å². The SMILES string of the molecule is C=Cc1ccc2[cH-]c3ccc(C=C)cc3c2c1.CC1=CC(C)[C-]=C1.CCCC[C](=[Zr+2])CCCC.[Cl-].[Cl-]. The Morgan fingerprint density at radius 1 is 0.917 bits per heavy atom. The summed E-state index contributed by atoms with van der Waals surface area (Å²) in [7, 11) is 0. The molecule has 0 spiro atoms. The molecule has 0 heterocycles. The van der Waals surface area contributed by atoms with Gasteiger partial charge in [-0.25, -0.2) is 11.6 Å². The van der Waals surface area contributed by atoms with E-state index in [0.29, 0.717) is 5.92 Å². The van der Waals surface area contributed by atoms with Crippen LogP contribution in [0.4, 0.5) is 0 Å². The van der Waals surface area contributed by atoms with E-state index >= 15 is 0 Å². The summed E-state index contributed by atoms with van der Waals surface area (Å²) < 4.78 is 1.79. The number of benzene rings is 2. The van der Waals surface area contributed by atoms with Crippen molar-refractivity contribution < 1.29 is 49.0 Å². The number of rotatable bonds is 8. The van der Waals surface area contributed by atoms with Crippen molar-refractivity contribution in [2.24, 2.45) is 5.92 Å². The summed E-state index contributed by atoms with van der Waals surface area (Å²) in [5.74, 6) is 0.556. The van der Waals surface area contributed by atoms with E-state index in [0.717, 1.165) is 11.1 Å². The molecule has 0 radical (unpaired) electrons. The van der Waals surface area contributed by atoms with Gasteiger partial charge in [0.1, 0.15) is 0 Å². The smallest absolute Gasteiger partial charge is 1.00 e. The van der Waals surface area contributed by atoms with E-state index in [-0.39, 0.29) is 24.8 Å². The standard InChI is InChI=1S/C17H13.C9H18.C7H9.2ClH.Zr/c1-3-12-5-7-14-11-15-8-6-13(4-2)10-17(15)16(14)9-12;1-3-5-7-9-8-6-4-2;1-6-3-4-7(2)5-6;;;/h3-11H,1-2H2;3-8H2,1-2H3;3,5,7H,1-2H3;2*1H;/q-1;;-1;;;+2/p-2. The molecular formula is C33H40Cl2Zr-2. The van der Waals surface area contributed by atoms with Gasteiger partial charge in [0.25, 0.3) is 0 Å². The maximum absolute atomic E-state index is 3.82. The summed E-state index contributed by atoms with van der Waals surface area (Å²) in [5.41, 5.74) is 3.66. The maximum Gasteiger partial charge on any atom is -1.00 e. The third-order valence-electron chi connectivity index (χ3n) is 5.98. The van der Waals surface area contributed by atoms with Gasteiger partial charge in [-0.3, -0.25) is 6.08 Å². The Bertz CT molecular complexity index is 1090. The molecule has 1 aliphatic rings. The van der Waals surface area contributed by atoms with Crippen LogP contribution >= 0.6 is 0 Å². The molecule has 192 valence electrons. The van der Waals surface area contributed by atoms with E-state index in [1.807, 2.05) is 18.2 Å². The molecule has 36 heavy (non-hydrogen) atoms. The average Bonchev–Trinajstić information content (AvgIpc) is 3.42. The van der Waals surface area contributed by atoms with Crippen molar-refractivity contribution in [3.05, 3.63) is 90.6 Å². The predicted molar refractivity (Wildman–Crippen MR) is 152 cm³/mol. The second-order valence-electron chi connectivity index (χ2n) is 9.07. The van der Waals surface area contributed by atoms with Crippen molar-refractivity contribution in [3.63, 3.8) is 0 Å². The van der Waals surface area contributed by atoms with Crippen LogP contribution in [0.3, 0.4) is 0 Å². The van der Waals surface area contributed by atoms with Crippen LogP contribution in [0.2, 0.25) is 0 Å². The summed E-state index contributed by atoms with van der Waals surface area (Å²) in [6.45, 7) is 16.4. The van der Waals surface area contributed by atoms with Gasteiger partial charge >= 0.3 is 79.8 Å². The zero-order chi connectivity index (χ0) is 24.9. The van der Waals surface area contributed by atoms with E-state index < -0.39 is 0 Å². The van der Waals surface area contributed by atoms with Crippen LogP contribution in [0.1, 0.15) is 77.3 Å². The second-order valence-corrected chi connectivity index (χ2v) is 10.8. The minimum Gasteiger partial charge on any atom is -1.00 e. The van der Waals surface area contributed by atoms with Crippen LogP contribution in [0.15, 0.2) is 73.3 Å². The first-order valence-corrected chi connectivity index (χ1v) is 13.9. The third kappa shape index (κ3) is 11.3. The number of allylic oxidation sites excluding steroid dienone is 4. The van der Waals surface area contributed by atoms with Crippen LogP contribution in [0, 0.1) is 12.0 Å². The Morgan fingerprint density at radius 2 is 1.39 bits per heavy atom. The molecule has 3 aromatic carbocycles. The number of hydrogen-bond acceptors (Lipinski definition) is 0. The van der Waals surface area contributed by atoms with Gasteiger partial charge in [-0.2, -0.15) is 6.08 Å². The summed E-state index contributed by atoms with van der Waals surface area (Å²) in [6, 6.07) is 15.1. The summed E-state index contributed by atoms with van der Waals surface area (Å²) >= 11 is 1.67. The van der Waals surface area contributed by atoms with E-state index in [2.05, 4.69) is 95.5 Å². The van der Waals surface area contributed by atoms with Crippen molar-refractivity contribution in [2.45, 2.75) is 66.2 Å². The fraction of sp³-hybridized carbons (Fsp3) is 0.333. The fourth-order valence-corrected chi connectivity index (χ4v) is 4.82. The van der Waals surface area contributed by atoms with E-state index in [4.69, 9.17) is 0 Å². The molecule has 0 saturated carbocycles. The summed E-state index contributed by atoms with van der Waals surface area (Å²) in [6.07, 6.45) is 19.5. The number of unbranched alkanes of at least 4 members (excludes halogenated alkanes) is 2. The molecule has 0 nitrogen and oxygen atoms in total. The van der Waals surface area contributed by atoms with Gasteiger partial charge in [-0.1, -0.05) is 62.4 Å². The van der Waals surface area contributed by atoms with Gasteiger partial charge in [-0.05, 0) is 11.1 Å². The number of fused-ring (bicyclic) bond motifs is 3. The largest absolute Gasteiger partial charge is 1.00 e. The minimum atomic E-state index is 0. The minimum absolute atomic E-state index is 0. The van der Waals surface area contributed by atoms with E-state index in [9.17, 15) is 0 Å². The van der Waals surface area contributed by atoms with Crippen LogP contribution in [0.25, 0.3) is 33.7 Å². The van der Waals surface area contributed by atoms with Crippen molar-refractivity contribution in [3.8, 4) is 0 Å². The van der Waals surface area contributed by atoms with Gasteiger partial charge in [0.2, 0.25) is 0 Å². The monoisotopic (exact) mass is 596 g/mol. The van der Waals surface area contributed by atoms with Crippen molar-refractivity contribution >= 4 is 36.9 Å². The Hall–Kier alpha value is -1.40. The van der Waals surface area contributed by atoms with Gasteiger partial charge < -0.3 is 24.8 Å². The Kier molecular flexibility index (Phi) is 18.1. The van der Waals surface area contributed by atoms with Gasteiger partial charge in [0.05, 0.1) is 0 Å². The van der Waals surface area contributed by atoms with Crippen LogP contribution in [0.5, 0.6) is 0 Å². The molecule has 4 rings (SSSR count). The summed E-state index contributed by atoms with van der Waals surface area (Å²) in [5, 5.41) is 5.15. The normalized spacial score (nSPS) is 13.4. The Morgan fingerprint density at radius 3 is 1.69 bits per heavy atom. The molecule has 3 heteroatoms. The van der Waals surface area contributed by atoms with Crippen LogP contribution in [-0.4, -0.2) is 3.21 Å². The predicted octanol–water partition coefficient (Wildman–Crippen LogP) is 4.03. The molecule has 0 aromatic heterocycles. The third-order valence-corrected chi connectivity index (χ3v) is 7.21. The zero-order valence-electron chi connectivity index (χ0n) is 22.3. The maximum atomic E-state index is 3.82. The average molecular weight is 599 g/mol. The van der Waals surface area contributed by atoms with E-state index in [1.165, 1.54) is 65.6 Å². The number of halogens is 2. The van der Waals surface area contributed by atoms with Crippen LogP contribution < -0.4 is 24.8 Å². The van der Waals surface area contributed by atoms with Gasteiger partial charge in [0.15, 0.2) is 0 Å². The molecule has 1 atom stereocenters. The molecule has 0 aliphatic heterocycles. The molecule has 0 bridgehead atoms. The fourth-order valence-electron chi connectivity index (χ4n) is 3.95. The second kappa shape index (κ2) is 18.8. The van der Waals surface area contributed by atoms with Crippen molar-refractivity contribution in [1.29, 1.82) is 0 Å². The molecular weight excluding hydrogens is 558 g/mol. The first-order chi connectivity index (χ1) is 16.4. The van der Waals surface area contributed by atoms with E-state index in [1.54, 1.807) is 27.4 Å². The topological polar surface area (TPSA) is 0 Å². The number of hydrogen-bond donors (Lipinski definition) is 0. The molecule has 3 aromatic rings. The first kappa shape index (κ1) is 34.6. The quantitative estimate of drug-likeness (QED) is 0.344. The molecule has 1 unspecified atom stereocenters. The van der Waals surface area contributed by atoms with Crippen LogP contribution in [-0.2, 0) is 24.2 Å². The molecule has 1 aliphatic carbocycles.